The van der Waals surface area contributed by atoms with Gasteiger partial charge in [0.25, 0.3) is 0 Å². The van der Waals surface area contributed by atoms with Gasteiger partial charge in [-0.3, -0.25) is 0 Å². The van der Waals surface area contributed by atoms with Gasteiger partial charge in [0, 0.05) is 15.2 Å². The van der Waals surface area contributed by atoms with Gasteiger partial charge in [-0.1, -0.05) is 27.5 Å². The van der Waals surface area contributed by atoms with Crippen LogP contribution in [0.1, 0.15) is 11.1 Å². The highest BCUT2D eigenvalue weighted by atomic mass is 79.9. The lowest BCUT2D eigenvalue weighted by Gasteiger charge is -2.12. The Labute approximate surface area is 132 Å². The highest BCUT2D eigenvalue weighted by Crippen LogP contribution is 2.34. The number of alkyl halides is 3. The molecule has 0 saturated heterocycles. The van der Waals surface area contributed by atoms with Gasteiger partial charge in [-0.2, -0.15) is 18.4 Å². The molecule has 0 heterocycles. The van der Waals surface area contributed by atoms with E-state index in [0.717, 1.165) is 12.1 Å². The first-order valence-corrected chi connectivity index (χ1v) is 6.81. The Balaban J connectivity index is 2.41. The summed E-state index contributed by atoms with van der Waals surface area (Å²) in [7, 11) is 0. The molecule has 0 fully saturated rings. The lowest BCUT2D eigenvalue weighted by molar-refractivity contribution is -0.137. The number of hydrogen-bond acceptors (Lipinski definition) is 2. The molecule has 0 bridgehead atoms. The summed E-state index contributed by atoms with van der Waals surface area (Å²) in [6.07, 6.45) is -4.49. The Kier molecular flexibility index (Phi) is 4.45. The Morgan fingerprint density at radius 1 is 1.14 bits per heavy atom. The van der Waals surface area contributed by atoms with E-state index in [2.05, 4.69) is 21.2 Å². The zero-order valence-electron chi connectivity index (χ0n) is 10.3. The average molecular weight is 376 g/mol. The molecule has 0 aliphatic rings. The van der Waals surface area contributed by atoms with Crippen LogP contribution < -0.4 is 5.32 Å². The SMILES string of the molecule is N#Cc1cc(Br)ccc1Nc1cc(Cl)cc(C(F)(F)F)c1. The Morgan fingerprint density at radius 3 is 2.48 bits per heavy atom. The van der Waals surface area contributed by atoms with Crippen LogP contribution in [0.3, 0.4) is 0 Å². The summed E-state index contributed by atoms with van der Waals surface area (Å²) in [5, 5.41) is 11.8. The van der Waals surface area contributed by atoms with Crippen LogP contribution in [-0.4, -0.2) is 0 Å². The van der Waals surface area contributed by atoms with Crippen molar-refractivity contribution in [1.29, 1.82) is 5.26 Å². The number of anilines is 2. The van der Waals surface area contributed by atoms with Gasteiger partial charge in [-0.25, -0.2) is 0 Å². The summed E-state index contributed by atoms with van der Waals surface area (Å²) in [4.78, 5) is 0. The van der Waals surface area contributed by atoms with Gasteiger partial charge in [0.1, 0.15) is 6.07 Å². The molecule has 108 valence electrons. The van der Waals surface area contributed by atoms with Crippen molar-refractivity contribution in [3.8, 4) is 6.07 Å². The predicted molar refractivity (Wildman–Crippen MR) is 78.6 cm³/mol. The molecular formula is C14H7BrClF3N2. The number of halogens is 5. The van der Waals surface area contributed by atoms with E-state index in [4.69, 9.17) is 16.9 Å². The molecular weight excluding hydrogens is 369 g/mol. The lowest BCUT2D eigenvalue weighted by Crippen LogP contribution is -2.05. The lowest BCUT2D eigenvalue weighted by atomic mass is 10.1. The first kappa shape index (κ1) is 15.7. The van der Waals surface area contributed by atoms with Crippen LogP contribution in [0.2, 0.25) is 5.02 Å². The maximum Gasteiger partial charge on any atom is 0.416 e. The van der Waals surface area contributed by atoms with E-state index in [1.165, 1.54) is 6.07 Å². The quantitative estimate of drug-likeness (QED) is 0.727. The molecule has 0 amide bonds. The first-order valence-electron chi connectivity index (χ1n) is 5.64. The molecule has 1 N–H and O–H groups in total. The summed E-state index contributed by atoms with van der Waals surface area (Å²) < 4.78 is 38.9. The second-order valence-corrected chi connectivity index (χ2v) is 5.51. The molecule has 0 unspecified atom stereocenters. The minimum Gasteiger partial charge on any atom is -0.354 e. The van der Waals surface area contributed by atoms with Gasteiger partial charge in [0.05, 0.1) is 16.8 Å². The smallest absolute Gasteiger partial charge is 0.354 e. The van der Waals surface area contributed by atoms with Crippen molar-refractivity contribution in [3.05, 3.63) is 57.0 Å². The number of nitrogens with one attached hydrogen (secondary N) is 1. The fourth-order valence-electron chi connectivity index (χ4n) is 1.70. The highest BCUT2D eigenvalue weighted by Gasteiger charge is 2.31. The summed E-state index contributed by atoms with van der Waals surface area (Å²) in [6.45, 7) is 0. The zero-order chi connectivity index (χ0) is 15.6. The minimum absolute atomic E-state index is 0.0389. The third-order valence-electron chi connectivity index (χ3n) is 2.61. The third-order valence-corrected chi connectivity index (χ3v) is 3.32. The molecule has 0 aromatic heterocycles. The van der Waals surface area contributed by atoms with E-state index >= 15 is 0 Å². The van der Waals surface area contributed by atoms with Gasteiger partial charge in [0.15, 0.2) is 0 Å². The molecule has 0 atom stereocenters. The molecule has 0 spiro atoms. The predicted octanol–water partition coefficient (Wildman–Crippen LogP) is 5.74. The summed E-state index contributed by atoms with van der Waals surface area (Å²) in [5.74, 6) is 0. The molecule has 0 aliphatic carbocycles. The number of benzene rings is 2. The zero-order valence-corrected chi connectivity index (χ0v) is 12.6. The van der Waals surface area contributed by atoms with Gasteiger partial charge >= 0.3 is 6.18 Å². The minimum atomic E-state index is -4.49. The maximum absolute atomic E-state index is 12.7. The number of hydrogen-bond donors (Lipinski definition) is 1. The topological polar surface area (TPSA) is 35.8 Å². The van der Waals surface area contributed by atoms with Gasteiger partial charge in [-0.05, 0) is 36.4 Å². The molecule has 2 aromatic rings. The van der Waals surface area contributed by atoms with Crippen LogP contribution in [0.15, 0.2) is 40.9 Å². The van der Waals surface area contributed by atoms with Crippen molar-refractivity contribution in [2.24, 2.45) is 0 Å². The van der Waals surface area contributed by atoms with Crippen molar-refractivity contribution in [1.82, 2.24) is 0 Å². The van der Waals surface area contributed by atoms with Gasteiger partial charge in [0.2, 0.25) is 0 Å². The fourth-order valence-corrected chi connectivity index (χ4v) is 2.30. The Hall–Kier alpha value is -1.71. The fraction of sp³-hybridized carbons (Fsp3) is 0.0714. The molecule has 7 heteroatoms. The van der Waals surface area contributed by atoms with E-state index in [1.54, 1.807) is 18.2 Å². The van der Waals surface area contributed by atoms with Crippen LogP contribution in [0.4, 0.5) is 24.5 Å². The second kappa shape index (κ2) is 5.96. The first-order chi connectivity index (χ1) is 9.79. The van der Waals surface area contributed by atoms with Crippen molar-refractivity contribution in [2.45, 2.75) is 6.18 Å². The molecule has 2 nitrogen and oxygen atoms in total. The molecule has 0 radical (unpaired) electrons. The van der Waals surface area contributed by atoms with Crippen molar-refractivity contribution in [2.75, 3.05) is 5.32 Å². The number of rotatable bonds is 2. The van der Waals surface area contributed by atoms with Gasteiger partial charge < -0.3 is 5.32 Å². The average Bonchev–Trinajstić information content (AvgIpc) is 2.39. The molecule has 2 aromatic carbocycles. The standard InChI is InChI=1S/C14H7BrClF3N2/c15-10-1-2-13(8(3-10)7-20)21-12-5-9(14(17,18)19)4-11(16)6-12/h1-6,21H. The van der Waals surface area contributed by atoms with E-state index in [1.807, 2.05) is 6.07 Å². The monoisotopic (exact) mass is 374 g/mol. The molecule has 0 aliphatic heterocycles. The Morgan fingerprint density at radius 2 is 1.86 bits per heavy atom. The third kappa shape index (κ3) is 3.90. The molecule has 21 heavy (non-hydrogen) atoms. The number of nitrogens with zero attached hydrogens (tertiary/aromatic N) is 1. The van der Waals surface area contributed by atoms with Crippen molar-refractivity contribution < 1.29 is 13.2 Å². The van der Waals surface area contributed by atoms with Crippen LogP contribution in [0.5, 0.6) is 0 Å². The molecule has 2 rings (SSSR count). The van der Waals surface area contributed by atoms with Crippen LogP contribution in [-0.2, 0) is 6.18 Å². The molecule has 0 saturated carbocycles. The maximum atomic E-state index is 12.7. The van der Waals surface area contributed by atoms with Crippen molar-refractivity contribution in [3.63, 3.8) is 0 Å². The van der Waals surface area contributed by atoms with E-state index in [-0.39, 0.29) is 10.7 Å². The largest absolute Gasteiger partial charge is 0.416 e. The van der Waals surface area contributed by atoms with E-state index in [0.29, 0.717) is 15.7 Å². The van der Waals surface area contributed by atoms with Crippen LogP contribution in [0.25, 0.3) is 0 Å². The highest BCUT2D eigenvalue weighted by molar-refractivity contribution is 9.10. The summed E-state index contributed by atoms with van der Waals surface area (Å²) in [5.41, 5.74) is 0.00997. The van der Waals surface area contributed by atoms with Crippen molar-refractivity contribution >= 4 is 38.9 Å². The number of nitriles is 1. The summed E-state index contributed by atoms with van der Waals surface area (Å²) >= 11 is 8.93. The normalized spacial score (nSPS) is 11.0. The summed E-state index contributed by atoms with van der Waals surface area (Å²) in [6, 6.07) is 9.96. The van der Waals surface area contributed by atoms with E-state index < -0.39 is 11.7 Å². The van der Waals surface area contributed by atoms with Gasteiger partial charge in [-0.15, -0.1) is 0 Å². The van der Waals surface area contributed by atoms with Crippen LogP contribution >= 0.6 is 27.5 Å². The van der Waals surface area contributed by atoms with Crippen LogP contribution in [0, 0.1) is 11.3 Å². The second-order valence-electron chi connectivity index (χ2n) is 4.15. The van der Waals surface area contributed by atoms with E-state index in [9.17, 15) is 13.2 Å². The Bertz CT molecular complexity index is 723.